The van der Waals surface area contributed by atoms with Gasteiger partial charge in [0.15, 0.2) is 0 Å². The molecule has 1 aliphatic rings. The maximum atomic E-state index is 13.6. The van der Waals surface area contributed by atoms with Crippen LogP contribution in [0.15, 0.2) is 64.4 Å². The molecule has 0 unspecified atom stereocenters. The van der Waals surface area contributed by atoms with Crippen molar-refractivity contribution in [3.8, 4) is 5.75 Å². The smallest absolute Gasteiger partial charge is 0.266 e. The van der Waals surface area contributed by atoms with Gasteiger partial charge >= 0.3 is 0 Å². The summed E-state index contributed by atoms with van der Waals surface area (Å²) in [6.45, 7) is 0. The molecule has 27 heavy (non-hydrogen) atoms. The van der Waals surface area contributed by atoms with Crippen molar-refractivity contribution in [3.05, 3.63) is 75.2 Å². The van der Waals surface area contributed by atoms with Gasteiger partial charge in [-0.05, 0) is 42.5 Å². The van der Waals surface area contributed by atoms with Crippen molar-refractivity contribution in [3.63, 3.8) is 0 Å². The highest BCUT2D eigenvalue weighted by molar-refractivity contribution is 7.99. The minimum absolute atomic E-state index is 0.277. The van der Waals surface area contributed by atoms with Crippen LogP contribution in [0.4, 0.5) is 11.4 Å². The Morgan fingerprint density at radius 2 is 1.67 bits per heavy atom. The molecule has 0 atom stereocenters. The maximum Gasteiger partial charge on any atom is 0.266 e. The number of methoxy groups -OCH3 is 1. The fraction of sp³-hybridized carbons (Fsp3) is 0.0500. The largest absolute Gasteiger partial charge is 0.494 e. The van der Waals surface area contributed by atoms with E-state index in [9.17, 15) is 4.79 Å². The van der Waals surface area contributed by atoms with Crippen LogP contribution >= 0.6 is 46.6 Å². The molecule has 7 heteroatoms. The Kier molecular flexibility index (Phi) is 4.99. The van der Waals surface area contributed by atoms with Crippen molar-refractivity contribution in [2.75, 3.05) is 12.0 Å². The van der Waals surface area contributed by atoms with Crippen LogP contribution in [0.3, 0.4) is 0 Å². The molecule has 1 aliphatic heterocycles. The molecule has 0 saturated heterocycles. The third kappa shape index (κ3) is 3.27. The van der Waals surface area contributed by atoms with E-state index in [1.165, 1.54) is 7.11 Å². The van der Waals surface area contributed by atoms with E-state index in [4.69, 9.17) is 39.5 Å². The molecule has 3 aromatic carbocycles. The quantitative estimate of drug-likeness (QED) is 0.429. The van der Waals surface area contributed by atoms with Gasteiger partial charge in [0.2, 0.25) is 0 Å². The number of anilines is 2. The van der Waals surface area contributed by atoms with Crippen LogP contribution in [0.5, 0.6) is 5.75 Å². The molecular formula is C20H12Cl3NO2S. The molecule has 0 fully saturated rings. The highest BCUT2D eigenvalue weighted by Gasteiger charge is 2.31. The predicted octanol–water partition coefficient (Wildman–Crippen LogP) is 7.10. The fourth-order valence-electron chi connectivity index (χ4n) is 2.99. The Bertz CT molecular complexity index is 1070. The third-order valence-corrected chi connectivity index (χ3v) is 6.00. The molecular weight excluding hydrogens is 425 g/mol. The molecule has 0 bridgehead atoms. The fourth-order valence-corrected chi connectivity index (χ4v) is 4.77. The second-order valence-electron chi connectivity index (χ2n) is 5.79. The highest BCUT2D eigenvalue weighted by atomic mass is 35.5. The van der Waals surface area contributed by atoms with Crippen LogP contribution in [0, 0.1) is 0 Å². The summed E-state index contributed by atoms with van der Waals surface area (Å²) >= 11 is 20.2. The van der Waals surface area contributed by atoms with Gasteiger partial charge < -0.3 is 4.74 Å². The lowest BCUT2D eigenvalue weighted by atomic mass is 10.1. The molecule has 136 valence electrons. The number of benzene rings is 3. The van der Waals surface area contributed by atoms with Gasteiger partial charge in [-0.1, -0.05) is 58.7 Å². The number of fused-ring (bicyclic) bond motifs is 2. The molecule has 0 radical (unpaired) electrons. The van der Waals surface area contributed by atoms with Gasteiger partial charge in [-0.25, -0.2) is 0 Å². The lowest BCUT2D eigenvalue weighted by Crippen LogP contribution is -2.29. The second kappa shape index (κ2) is 7.28. The lowest BCUT2D eigenvalue weighted by Gasteiger charge is -2.31. The summed E-state index contributed by atoms with van der Waals surface area (Å²) in [6, 6.07) is 16.3. The van der Waals surface area contributed by atoms with E-state index < -0.39 is 0 Å². The van der Waals surface area contributed by atoms with Crippen LogP contribution in [0.1, 0.15) is 10.4 Å². The Hall–Kier alpha value is -1.85. The molecule has 1 heterocycles. The van der Waals surface area contributed by atoms with Crippen molar-refractivity contribution in [1.29, 1.82) is 0 Å². The first-order chi connectivity index (χ1) is 13.0. The van der Waals surface area contributed by atoms with Crippen LogP contribution in [-0.4, -0.2) is 13.0 Å². The standard InChI is InChI=1S/C20H12Cl3NO2S/c1-26-19-13(8-12(22)9-14(19)23)20(25)24-15-4-2-3-5-17(15)27-18-7-6-11(21)10-16(18)24/h2-10H,1H3. The molecule has 0 spiro atoms. The Morgan fingerprint density at radius 1 is 0.926 bits per heavy atom. The monoisotopic (exact) mass is 435 g/mol. The number of ether oxygens (including phenoxy) is 1. The average Bonchev–Trinajstić information content (AvgIpc) is 2.65. The lowest BCUT2D eigenvalue weighted by molar-refractivity contribution is 0.0995. The number of nitrogens with zero attached hydrogens (tertiary/aromatic N) is 1. The van der Waals surface area contributed by atoms with Crippen LogP contribution in [-0.2, 0) is 0 Å². The van der Waals surface area contributed by atoms with Gasteiger partial charge in [-0.2, -0.15) is 0 Å². The summed E-state index contributed by atoms with van der Waals surface area (Å²) in [5, 5.41) is 1.18. The summed E-state index contributed by atoms with van der Waals surface area (Å²) in [4.78, 5) is 17.1. The number of hydrogen-bond acceptors (Lipinski definition) is 3. The Labute approximate surface area is 175 Å². The van der Waals surface area contributed by atoms with E-state index in [0.29, 0.717) is 15.7 Å². The molecule has 0 aliphatic carbocycles. The number of carbonyl (C=O) groups excluding carboxylic acids is 1. The number of hydrogen-bond donors (Lipinski definition) is 0. The van der Waals surface area contributed by atoms with Crippen molar-refractivity contribution in [2.45, 2.75) is 9.79 Å². The normalized spacial score (nSPS) is 12.4. The van der Waals surface area contributed by atoms with Crippen LogP contribution in [0.25, 0.3) is 0 Å². The van der Waals surface area contributed by atoms with E-state index in [2.05, 4.69) is 0 Å². The SMILES string of the molecule is COc1c(Cl)cc(Cl)cc1C(=O)N1c2ccccc2Sc2ccc(Cl)cc21. The van der Waals surface area contributed by atoms with Crippen molar-refractivity contribution in [1.82, 2.24) is 0 Å². The molecule has 0 N–H and O–H groups in total. The minimum atomic E-state index is -0.299. The van der Waals surface area contributed by atoms with Gasteiger partial charge in [-0.3, -0.25) is 9.69 Å². The van der Waals surface area contributed by atoms with Crippen molar-refractivity contribution < 1.29 is 9.53 Å². The predicted molar refractivity (Wildman–Crippen MR) is 112 cm³/mol. The van der Waals surface area contributed by atoms with Gasteiger partial charge in [-0.15, -0.1) is 0 Å². The highest BCUT2D eigenvalue weighted by Crippen LogP contribution is 2.50. The topological polar surface area (TPSA) is 29.5 Å². The van der Waals surface area contributed by atoms with Gasteiger partial charge in [0.1, 0.15) is 5.75 Å². The first kappa shape index (κ1) is 18.5. The molecule has 0 saturated carbocycles. The summed E-state index contributed by atoms with van der Waals surface area (Å²) in [5.74, 6) is -0.0159. The van der Waals surface area contributed by atoms with E-state index in [-0.39, 0.29) is 22.2 Å². The van der Waals surface area contributed by atoms with Gasteiger partial charge in [0.25, 0.3) is 5.91 Å². The first-order valence-electron chi connectivity index (χ1n) is 7.93. The summed E-state index contributed by atoms with van der Waals surface area (Å²) in [7, 11) is 1.47. The van der Waals surface area contributed by atoms with E-state index in [1.54, 1.807) is 40.9 Å². The summed E-state index contributed by atoms with van der Waals surface area (Å²) in [5.41, 5.74) is 1.75. The number of rotatable bonds is 2. The third-order valence-electron chi connectivity index (χ3n) is 4.13. The number of para-hydroxylation sites is 1. The number of halogens is 3. The second-order valence-corrected chi connectivity index (χ2v) is 8.15. The molecule has 3 nitrogen and oxygen atoms in total. The minimum Gasteiger partial charge on any atom is -0.494 e. The zero-order valence-electron chi connectivity index (χ0n) is 14.0. The molecule has 0 aromatic heterocycles. The molecule has 1 amide bonds. The zero-order valence-corrected chi connectivity index (χ0v) is 17.1. The Morgan fingerprint density at radius 3 is 2.44 bits per heavy atom. The average molecular weight is 437 g/mol. The number of carbonyl (C=O) groups is 1. The zero-order chi connectivity index (χ0) is 19.1. The summed E-state index contributed by atoms with van der Waals surface area (Å²) in [6.07, 6.45) is 0. The van der Waals surface area contributed by atoms with E-state index in [1.807, 2.05) is 30.3 Å². The van der Waals surface area contributed by atoms with Crippen molar-refractivity contribution in [2.24, 2.45) is 0 Å². The van der Waals surface area contributed by atoms with E-state index >= 15 is 0 Å². The van der Waals surface area contributed by atoms with E-state index in [0.717, 1.165) is 15.5 Å². The molecule has 3 aromatic rings. The first-order valence-corrected chi connectivity index (χ1v) is 9.88. The van der Waals surface area contributed by atoms with Crippen LogP contribution in [0.2, 0.25) is 15.1 Å². The maximum absolute atomic E-state index is 13.6. The Balaban J connectivity index is 1.94. The van der Waals surface area contributed by atoms with Crippen molar-refractivity contribution >= 4 is 63.8 Å². The van der Waals surface area contributed by atoms with Crippen LogP contribution < -0.4 is 9.64 Å². The molecule has 4 rings (SSSR count). The summed E-state index contributed by atoms with van der Waals surface area (Å²) < 4.78 is 5.37. The number of amides is 1. The van der Waals surface area contributed by atoms with Gasteiger partial charge in [0, 0.05) is 19.8 Å². The van der Waals surface area contributed by atoms with Gasteiger partial charge in [0.05, 0.1) is 29.1 Å².